The summed E-state index contributed by atoms with van der Waals surface area (Å²) in [6.07, 6.45) is 0.0922. The van der Waals surface area contributed by atoms with Gasteiger partial charge in [0.25, 0.3) is 5.91 Å². The molecule has 1 heterocycles. The molecule has 23 heavy (non-hydrogen) atoms. The molecule has 1 fully saturated rings. The van der Waals surface area contributed by atoms with Crippen LogP contribution in [-0.2, 0) is 24.4 Å². The minimum Gasteiger partial charge on any atom is -0.383 e. The molecule has 9 heteroatoms. The first kappa shape index (κ1) is 17.9. The molecule has 1 saturated heterocycles. The predicted octanol–water partition coefficient (Wildman–Crippen LogP) is 0.0236. The van der Waals surface area contributed by atoms with Gasteiger partial charge in [0.2, 0.25) is 0 Å². The van der Waals surface area contributed by atoms with Gasteiger partial charge in [-0.3, -0.25) is 4.79 Å². The molecule has 1 aliphatic rings. The zero-order valence-electron chi connectivity index (χ0n) is 12.7. The Bertz CT molecular complexity index is 785. The van der Waals surface area contributed by atoms with Gasteiger partial charge in [0.15, 0.2) is 19.7 Å². The number of carbonyl (C=O) groups is 1. The monoisotopic (exact) mass is 361 g/mol. The Morgan fingerprint density at radius 2 is 2.13 bits per heavy atom. The predicted molar refractivity (Wildman–Crippen MR) is 84.9 cm³/mol. The fraction of sp³-hybridized carbons (Fsp3) is 0.500. The maximum atomic E-state index is 12.5. The third-order valence-electron chi connectivity index (χ3n) is 3.65. The van der Waals surface area contributed by atoms with Gasteiger partial charge in [-0.2, -0.15) is 0 Å². The fourth-order valence-electron chi connectivity index (χ4n) is 2.38. The van der Waals surface area contributed by atoms with Crippen molar-refractivity contribution in [2.45, 2.75) is 16.6 Å². The average Bonchev–Trinajstić information content (AvgIpc) is 2.88. The van der Waals surface area contributed by atoms with Crippen LogP contribution in [0.15, 0.2) is 29.2 Å². The van der Waals surface area contributed by atoms with E-state index in [1.165, 1.54) is 31.4 Å². The Morgan fingerprint density at radius 3 is 2.74 bits per heavy atom. The number of hydrogen-bond acceptors (Lipinski definition) is 6. The van der Waals surface area contributed by atoms with Crippen LogP contribution in [0, 0.1) is 0 Å². The third kappa shape index (κ3) is 4.30. The van der Waals surface area contributed by atoms with Crippen LogP contribution in [0.3, 0.4) is 0 Å². The molecule has 7 nitrogen and oxygen atoms in total. The van der Waals surface area contributed by atoms with Crippen LogP contribution < -0.4 is 5.32 Å². The van der Waals surface area contributed by atoms with E-state index in [0.29, 0.717) is 13.2 Å². The topological polar surface area (TPSA) is 107 Å². The second-order valence-corrected chi connectivity index (χ2v) is 9.80. The van der Waals surface area contributed by atoms with Crippen LogP contribution in [0.1, 0.15) is 16.8 Å². The van der Waals surface area contributed by atoms with Crippen LogP contribution in [0.4, 0.5) is 0 Å². The van der Waals surface area contributed by atoms with Crippen molar-refractivity contribution in [1.29, 1.82) is 0 Å². The van der Waals surface area contributed by atoms with Gasteiger partial charge in [0, 0.05) is 19.2 Å². The Kier molecular flexibility index (Phi) is 5.43. The number of carbonyl (C=O) groups excluding carboxylic acids is 1. The SMILES string of the molecule is COCCNC(=O)c1cccc(S(=O)(=O)[C@H]2CCS(=O)(=O)C2)c1. The molecule has 1 N–H and O–H groups in total. The van der Waals surface area contributed by atoms with Gasteiger partial charge in [-0.25, -0.2) is 16.8 Å². The largest absolute Gasteiger partial charge is 0.383 e. The van der Waals surface area contributed by atoms with Crippen LogP contribution in [0.2, 0.25) is 0 Å². The minimum absolute atomic E-state index is 0.0287. The molecule has 0 unspecified atom stereocenters. The van der Waals surface area contributed by atoms with Gasteiger partial charge in [0.05, 0.1) is 28.3 Å². The van der Waals surface area contributed by atoms with Crippen molar-refractivity contribution in [2.24, 2.45) is 0 Å². The van der Waals surface area contributed by atoms with E-state index in [0.717, 1.165) is 0 Å². The number of hydrogen-bond donors (Lipinski definition) is 1. The number of amides is 1. The first-order chi connectivity index (χ1) is 10.8. The molecular formula is C14H19NO6S2. The minimum atomic E-state index is -3.77. The molecule has 0 aromatic heterocycles. The lowest BCUT2D eigenvalue weighted by Crippen LogP contribution is -2.27. The summed E-state index contributed by atoms with van der Waals surface area (Å²) >= 11 is 0. The van der Waals surface area contributed by atoms with Crippen LogP contribution in [0.25, 0.3) is 0 Å². The van der Waals surface area contributed by atoms with E-state index in [2.05, 4.69) is 5.32 Å². The van der Waals surface area contributed by atoms with Crippen molar-refractivity contribution in [3.05, 3.63) is 29.8 Å². The first-order valence-electron chi connectivity index (χ1n) is 7.08. The lowest BCUT2D eigenvalue weighted by atomic mass is 10.2. The van der Waals surface area contributed by atoms with Gasteiger partial charge in [-0.15, -0.1) is 0 Å². The zero-order chi connectivity index (χ0) is 17.1. The van der Waals surface area contributed by atoms with Gasteiger partial charge in [0.1, 0.15) is 0 Å². The first-order valence-corrected chi connectivity index (χ1v) is 10.4. The van der Waals surface area contributed by atoms with Gasteiger partial charge in [-0.1, -0.05) is 6.07 Å². The van der Waals surface area contributed by atoms with Crippen molar-refractivity contribution < 1.29 is 26.4 Å². The molecule has 1 aromatic carbocycles. The molecule has 1 aromatic rings. The smallest absolute Gasteiger partial charge is 0.251 e. The number of nitrogens with one attached hydrogen (secondary N) is 1. The molecule has 2 rings (SSSR count). The number of benzene rings is 1. The summed E-state index contributed by atoms with van der Waals surface area (Å²) in [6, 6.07) is 5.64. The third-order valence-corrected chi connectivity index (χ3v) is 7.82. The van der Waals surface area contributed by atoms with E-state index in [9.17, 15) is 21.6 Å². The molecule has 0 bridgehead atoms. The number of methoxy groups -OCH3 is 1. The molecule has 0 saturated carbocycles. The molecule has 1 aliphatic heterocycles. The highest BCUT2D eigenvalue weighted by Gasteiger charge is 2.38. The second-order valence-electron chi connectivity index (χ2n) is 5.35. The Labute approximate surface area is 135 Å². The maximum absolute atomic E-state index is 12.5. The number of rotatable bonds is 6. The summed E-state index contributed by atoms with van der Waals surface area (Å²) in [5.41, 5.74) is 0.211. The highest BCUT2D eigenvalue weighted by atomic mass is 32.2. The van der Waals surface area contributed by atoms with Crippen molar-refractivity contribution >= 4 is 25.6 Å². The lowest BCUT2D eigenvalue weighted by Gasteiger charge is -2.11. The summed E-state index contributed by atoms with van der Waals surface area (Å²) < 4.78 is 52.9. The molecule has 1 amide bonds. The van der Waals surface area contributed by atoms with Crippen LogP contribution >= 0.6 is 0 Å². The Hall–Kier alpha value is -1.45. The number of ether oxygens (including phenoxy) is 1. The summed E-state index contributed by atoms with van der Waals surface area (Å²) in [4.78, 5) is 11.9. The molecular weight excluding hydrogens is 342 g/mol. The second kappa shape index (κ2) is 6.98. The molecule has 0 aliphatic carbocycles. The standard InChI is InChI=1S/C14H19NO6S2/c1-21-7-6-15-14(16)11-3-2-4-12(9-11)23(19,20)13-5-8-22(17,18)10-13/h2-4,9,13H,5-8,10H2,1H3,(H,15,16)/t13-/m0/s1. The summed E-state index contributed by atoms with van der Waals surface area (Å²) in [6.45, 7) is 0.664. The Balaban J connectivity index is 2.20. The van der Waals surface area contributed by atoms with Gasteiger partial charge < -0.3 is 10.1 Å². The van der Waals surface area contributed by atoms with E-state index in [4.69, 9.17) is 4.74 Å². The molecule has 0 radical (unpaired) electrons. The normalized spacial score (nSPS) is 20.3. The van der Waals surface area contributed by atoms with Gasteiger partial charge in [-0.05, 0) is 24.6 Å². The molecule has 128 valence electrons. The summed E-state index contributed by atoms with van der Waals surface area (Å²) in [5.74, 6) is -0.883. The van der Waals surface area contributed by atoms with E-state index < -0.39 is 30.8 Å². The highest BCUT2D eigenvalue weighted by Crippen LogP contribution is 2.25. The van der Waals surface area contributed by atoms with E-state index in [-0.39, 0.29) is 28.4 Å². The van der Waals surface area contributed by atoms with Crippen LogP contribution in [-0.4, -0.2) is 59.8 Å². The quantitative estimate of drug-likeness (QED) is 0.716. The van der Waals surface area contributed by atoms with Crippen molar-refractivity contribution in [3.63, 3.8) is 0 Å². The molecule has 1 atom stereocenters. The van der Waals surface area contributed by atoms with Crippen molar-refractivity contribution in [3.8, 4) is 0 Å². The summed E-state index contributed by atoms with van der Waals surface area (Å²) in [5, 5.41) is 1.66. The summed E-state index contributed by atoms with van der Waals surface area (Å²) in [7, 11) is -5.57. The van der Waals surface area contributed by atoms with Crippen molar-refractivity contribution in [2.75, 3.05) is 31.8 Å². The zero-order valence-corrected chi connectivity index (χ0v) is 14.3. The lowest BCUT2D eigenvalue weighted by molar-refractivity contribution is 0.0937. The Morgan fingerprint density at radius 1 is 1.39 bits per heavy atom. The average molecular weight is 361 g/mol. The van der Waals surface area contributed by atoms with Crippen molar-refractivity contribution in [1.82, 2.24) is 5.32 Å². The highest BCUT2D eigenvalue weighted by molar-refractivity contribution is 7.96. The van der Waals surface area contributed by atoms with E-state index >= 15 is 0 Å². The number of sulfone groups is 2. The van der Waals surface area contributed by atoms with E-state index in [1.54, 1.807) is 0 Å². The molecule has 0 spiro atoms. The van der Waals surface area contributed by atoms with Crippen LogP contribution in [0.5, 0.6) is 0 Å². The fourth-order valence-corrected chi connectivity index (χ4v) is 6.78. The van der Waals surface area contributed by atoms with Gasteiger partial charge >= 0.3 is 0 Å². The van der Waals surface area contributed by atoms with E-state index in [1.807, 2.05) is 0 Å². The maximum Gasteiger partial charge on any atom is 0.251 e.